The van der Waals surface area contributed by atoms with Crippen molar-refractivity contribution in [3.05, 3.63) is 23.3 Å². The molecule has 0 bridgehead atoms. The fourth-order valence-electron chi connectivity index (χ4n) is 1.65. The molecule has 7 heteroatoms. The molecule has 1 aromatic carbocycles. The average molecular weight is 284 g/mol. The quantitative estimate of drug-likeness (QED) is 0.504. The molecule has 0 saturated carbocycles. The van der Waals surface area contributed by atoms with Gasteiger partial charge in [0.05, 0.1) is 13.7 Å². The van der Waals surface area contributed by atoms with Crippen LogP contribution in [0.15, 0.2) is 12.1 Å². The normalized spacial score (nSPS) is 13.4. The van der Waals surface area contributed by atoms with Crippen molar-refractivity contribution >= 4 is 12.3 Å². The zero-order valence-corrected chi connectivity index (χ0v) is 11.1. The third kappa shape index (κ3) is 3.25. The van der Waals surface area contributed by atoms with E-state index in [-0.39, 0.29) is 29.2 Å². The van der Waals surface area contributed by atoms with Crippen LogP contribution in [0, 0.1) is 0 Å². The number of aliphatic hydroxyl groups is 2. The number of benzene rings is 1. The number of phenols is 1. The summed E-state index contributed by atoms with van der Waals surface area (Å²) in [4.78, 5) is 22.3. The smallest absolute Gasteiger partial charge is 0.338 e. The second-order valence-corrected chi connectivity index (χ2v) is 3.91. The minimum absolute atomic E-state index is 0.0181. The van der Waals surface area contributed by atoms with Crippen molar-refractivity contribution in [1.29, 1.82) is 0 Å². The lowest BCUT2D eigenvalue weighted by atomic mass is 9.98. The third-order valence-electron chi connectivity index (χ3n) is 2.66. The van der Waals surface area contributed by atoms with Gasteiger partial charge in [0.25, 0.3) is 0 Å². The maximum Gasteiger partial charge on any atom is 0.338 e. The highest BCUT2D eigenvalue weighted by Gasteiger charge is 2.29. The molecule has 2 unspecified atom stereocenters. The van der Waals surface area contributed by atoms with Gasteiger partial charge in [0.2, 0.25) is 0 Å². The zero-order valence-electron chi connectivity index (χ0n) is 11.1. The molecule has 2 atom stereocenters. The minimum Gasteiger partial charge on any atom is -0.504 e. The molecule has 0 aliphatic carbocycles. The average Bonchev–Trinajstić information content (AvgIpc) is 2.45. The van der Waals surface area contributed by atoms with E-state index in [0.29, 0.717) is 6.29 Å². The van der Waals surface area contributed by atoms with E-state index in [0.717, 1.165) is 6.07 Å². The Balaban J connectivity index is 3.14. The number of carbonyl (C=O) groups excluding carboxylic acids is 2. The first-order valence-electron chi connectivity index (χ1n) is 5.85. The van der Waals surface area contributed by atoms with Gasteiger partial charge in [-0.1, -0.05) is 0 Å². The number of hydrogen-bond donors (Lipinski definition) is 3. The van der Waals surface area contributed by atoms with Crippen molar-refractivity contribution in [2.75, 3.05) is 13.7 Å². The number of carbonyl (C=O) groups is 2. The molecule has 0 aromatic heterocycles. The summed E-state index contributed by atoms with van der Waals surface area (Å²) in [5.74, 6) is -1.32. The van der Waals surface area contributed by atoms with Crippen LogP contribution in [0.25, 0.3) is 0 Å². The van der Waals surface area contributed by atoms with Crippen molar-refractivity contribution < 1.29 is 34.4 Å². The van der Waals surface area contributed by atoms with Gasteiger partial charge in [0, 0.05) is 5.56 Å². The Labute approximate surface area is 115 Å². The number of methoxy groups -OCH3 is 1. The van der Waals surface area contributed by atoms with E-state index in [2.05, 4.69) is 4.74 Å². The lowest BCUT2D eigenvalue weighted by Gasteiger charge is -2.19. The zero-order chi connectivity index (χ0) is 15.3. The van der Waals surface area contributed by atoms with E-state index in [1.807, 2.05) is 0 Å². The number of rotatable bonds is 6. The molecule has 1 aromatic rings. The molecule has 0 heterocycles. The van der Waals surface area contributed by atoms with Crippen LogP contribution in [0.5, 0.6) is 11.5 Å². The highest BCUT2D eigenvalue weighted by Crippen LogP contribution is 2.32. The lowest BCUT2D eigenvalue weighted by Crippen LogP contribution is -2.30. The molecule has 0 amide bonds. The lowest BCUT2D eigenvalue weighted by molar-refractivity contribution is -0.159. The monoisotopic (exact) mass is 284 g/mol. The highest BCUT2D eigenvalue weighted by atomic mass is 16.5. The van der Waals surface area contributed by atoms with Gasteiger partial charge in [-0.3, -0.25) is 4.79 Å². The van der Waals surface area contributed by atoms with Crippen molar-refractivity contribution in [3.8, 4) is 11.5 Å². The molecule has 0 fully saturated rings. The second-order valence-electron chi connectivity index (χ2n) is 3.91. The molecule has 110 valence electrons. The maximum absolute atomic E-state index is 11.4. The fourth-order valence-corrected chi connectivity index (χ4v) is 1.65. The summed E-state index contributed by atoms with van der Waals surface area (Å²) in [7, 11) is 1.30. The van der Waals surface area contributed by atoms with Gasteiger partial charge in [0.15, 0.2) is 23.9 Å². The Morgan fingerprint density at radius 1 is 1.40 bits per heavy atom. The first-order chi connectivity index (χ1) is 9.46. The van der Waals surface area contributed by atoms with Gasteiger partial charge >= 0.3 is 5.97 Å². The van der Waals surface area contributed by atoms with Gasteiger partial charge in [0.1, 0.15) is 6.10 Å². The Morgan fingerprint density at radius 3 is 2.55 bits per heavy atom. The Bertz CT molecular complexity index is 498. The van der Waals surface area contributed by atoms with Crippen molar-refractivity contribution in [3.63, 3.8) is 0 Å². The Morgan fingerprint density at radius 2 is 2.05 bits per heavy atom. The first-order valence-corrected chi connectivity index (χ1v) is 5.85. The number of aldehydes is 1. The minimum atomic E-state index is -1.86. The van der Waals surface area contributed by atoms with Crippen molar-refractivity contribution in [2.45, 2.75) is 19.1 Å². The largest absolute Gasteiger partial charge is 0.504 e. The van der Waals surface area contributed by atoms with Crippen LogP contribution < -0.4 is 4.74 Å². The standard InChI is InChI=1S/C13H16O7/c1-3-20-13(18)12(17)11(16)8-5-9(15)10(19-2)4-7(8)6-14/h4-6,11-12,15-17H,3H2,1-2H3. The van der Waals surface area contributed by atoms with Crippen LogP contribution in [0.1, 0.15) is 28.9 Å². The highest BCUT2D eigenvalue weighted by molar-refractivity contribution is 5.81. The van der Waals surface area contributed by atoms with Crippen molar-refractivity contribution in [2.24, 2.45) is 0 Å². The molecule has 0 radical (unpaired) electrons. The number of aliphatic hydroxyl groups excluding tert-OH is 2. The molecular weight excluding hydrogens is 268 g/mol. The third-order valence-corrected chi connectivity index (χ3v) is 2.66. The van der Waals surface area contributed by atoms with Gasteiger partial charge in [-0.2, -0.15) is 0 Å². The number of esters is 1. The SMILES string of the molecule is CCOC(=O)C(O)C(O)c1cc(O)c(OC)cc1C=O. The topological polar surface area (TPSA) is 113 Å². The van der Waals surface area contributed by atoms with E-state index in [1.165, 1.54) is 13.2 Å². The van der Waals surface area contributed by atoms with E-state index < -0.39 is 18.2 Å². The van der Waals surface area contributed by atoms with Crippen LogP contribution in [-0.4, -0.2) is 47.4 Å². The van der Waals surface area contributed by atoms with Crippen LogP contribution in [0.2, 0.25) is 0 Å². The van der Waals surface area contributed by atoms with E-state index in [4.69, 9.17) is 4.74 Å². The number of aromatic hydroxyl groups is 1. The Kier molecular flexibility index (Phi) is 5.48. The van der Waals surface area contributed by atoms with E-state index in [9.17, 15) is 24.9 Å². The Hall–Kier alpha value is -2.12. The predicted octanol–water partition coefficient (Wildman–Crippen LogP) is 0.171. The molecule has 0 saturated heterocycles. The molecule has 7 nitrogen and oxygen atoms in total. The van der Waals surface area contributed by atoms with Crippen molar-refractivity contribution in [1.82, 2.24) is 0 Å². The van der Waals surface area contributed by atoms with Gasteiger partial charge < -0.3 is 24.8 Å². The maximum atomic E-state index is 11.4. The summed E-state index contributed by atoms with van der Waals surface area (Å²) in [6.45, 7) is 1.59. The predicted molar refractivity (Wildman–Crippen MR) is 67.6 cm³/mol. The van der Waals surface area contributed by atoms with Crippen LogP contribution in [0.4, 0.5) is 0 Å². The summed E-state index contributed by atoms with van der Waals surface area (Å²) in [6, 6.07) is 2.24. The van der Waals surface area contributed by atoms with Gasteiger partial charge in [-0.25, -0.2) is 4.79 Å². The number of hydrogen-bond acceptors (Lipinski definition) is 7. The number of ether oxygens (including phenoxy) is 2. The van der Waals surface area contributed by atoms with E-state index >= 15 is 0 Å². The summed E-state index contributed by atoms with van der Waals surface area (Å²) in [6.07, 6.45) is -3.15. The van der Waals surface area contributed by atoms with Crippen LogP contribution in [0.3, 0.4) is 0 Å². The van der Waals surface area contributed by atoms with Crippen LogP contribution >= 0.6 is 0 Å². The van der Waals surface area contributed by atoms with E-state index in [1.54, 1.807) is 6.92 Å². The molecule has 3 N–H and O–H groups in total. The van der Waals surface area contributed by atoms with Gasteiger partial charge in [-0.05, 0) is 24.6 Å². The molecule has 20 heavy (non-hydrogen) atoms. The molecule has 0 aliphatic rings. The number of phenolic OH excluding ortho intramolecular Hbond substituents is 1. The van der Waals surface area contributed by atoms with Gasteiger partial charge in [-0.15, -0.1) is 0 Å². The van der Waals surface area contributed by atoms with Crippen LogP contribution in [-0.2, 0) is 9.53 Å². The molecular formula is C13H16O7. The molecule has 1 rings (SSSR count). The summed E-state index contributed by atoms with van der Waals surface area (Å²) in [5, 5.41) is 29.2. The summed E-state index contributed by atoms with van der Waals surface area (Å²) < 4.78 is 9.39. The summed E-state index contributed by atoms with van der Waals surface area (Å²) in [5.41, 5.74) is -0.116. The fraction of sp³-hybridized carbons (Fsp3) is 0.385. The first kappa shape index (κ1) is 15.9. The molecule has 0 aliphatic heterocycles. The second kappa shape index (κ2) is 6.88. The summed E-state index contributed by atoms with van der Waals surface area (Å²) >= 11 is 0. The molecule has 0 spiro atoms.